The molecule has 2 rings (SSSR count). The van der Waals surface area contributed by atoms with E-state index < -0.39 is 10.0 Å². The first-order valence-electron chi connectivity index (χ1n) is 6.36. The smallest absolute Gasteiger partial charge is 0.246 e. The number of nitrogen functional groups attached to an aromatic ring is 1. The van der Waals surface area contributed by atoms with E-state index in [9.17, 15) is 8.42 Å². The minimum Gasteiger partial charge on any atom is -0.383 e. The minimum atomic E-state index is -3.53. The molecule has 2 N–H and O–H groups in total. The molecule has 1 fully saturated rings. The second-order valence-electron chi connectivity index (χ2n) is 4.84. The van der Waals surface area contributed by atoms with Crippen LogP contribution in [0, 0.1) is 5.92 Å². The van der Waals surface area contributed by atoms with E-state index in [-0.39, 0.29) is 10.7 Å². The molecule has 0 aliphatic carbocycles. The molecule has 5 nitrogen and oxygen atoms in total. The molecule has 1 aliphatic heterocycles. The highest BCUT2D eigenvalue weighted by Crippen LogP contribution is 2.29. The molecule has 0 bridgehead atoms. The van der Waals surface area contributed by atoms with E-state index in [0.717, 1.165) is 19.3 Å². The SMILES string of the molecule is CCCC1CCN(S(=O)(=O)c2cc(Br)cnc2N)C1. The van der Waals surface area contributed by atoms with Crippen LogP contribution in [0.2, 0.25) is 0 Å². The van der Waals surface area contributed by atoms with Crippen LogP contribution in [0.15, 0.2) is 21.6 Å². The van der Waals surface area contributed by atoms with Gasteiger partial charge >= 0.3 is 0 Å². The highest BCUT2D eigenvalue weighted by molar-refractivity contribution is 9.10. The van der Waals surface area contributed by atoms with Crippen LogP contribution < -0.4 is 5.73 Å². The number of nitrogens with zero attached hydrogens (tertiary/aromatic N) is 2. The molecule has 0 spiro atoms. The molecule has 1 aromatic heterocycles. The molecule has 0 amide bonds. The van der Waals surface area contributed by atoms with Gasteiger partial charge in [0.05, 0.1) is 0 Å². The summed E-state index contributed by atoms with van der Waals surface area (Å²) in [6.07, 6.45) is 4.57. The molecule has 19 heavy (non-hydrogen) atoms. The lowest BCUT2D eigenvalue weighted by atomic mass is 10.0. The van der Waals surface area contributed by atoms with Gasteiger partial charge in [0.1, 0.15) is 10.7 Å². The van der Waals surface area contributed by atoms with Crippen molar-refractivity contribution < 1.29 is 8.42 Å². The Morgan fingerprint density at radius 1 is 1.58 bits per heavy atom. The Kier molecular flexibility index (Phi) is 4.47. The van der Waals surface area contributed by atoms with Crippen molar-refractivity contribution in [1.82, 2.24) is 9.29 Å². The molecule has 0 aromatic carbocycles. The van der Waals surface area contributed by atoms with Gasteiger partial charge < -0.3 is 5.73 Å². The third-order valence-corrected chi connectivity index (χ3v) is 5.74. The predicted molar refractivity (Wildman–Crippen MR) is 78.1 cm³/mol. The van der Waals surface area contributed by atoms with Crippen molar-refractivity contribution in [3.05, 3.63) is 16.7 Å². The van der Waals surface area contributed by atoms with E-state index in [2.05, 4.69) is 27.8 Å². The third kappa shape index (κ3) is 3.09. The van der Waals surface area contributed by atoms with Crippen LogP contribution in [0.3, 0.4) is 0 Å². The van der Waals surface area contributed by atoms with Gasteiger partial charge in [-0.1, -0.05) is 13.3 Å². The van der Waals surface area contributed by atoms with E-state index in [4.69, 9.17) is 5.73 Å². The first-order chi connectivity index (χ1) is 8.95. The van der Waals surface area contributed by atoms with E-state index in [0.29, 0.717) is 23.5 Å². The summed E-state index contributed by atoms with van der Waals surface area (Å²) in [5.41, 5.74) is 5.70. The van der Waals surface area contributed by atoms with Crippen LogP contribution in [0.4, 0.5) is 5.82 Å². The summed E-state index contributed by atoms with van der Waals surface area (Å²) in [6.45, 7) is 3.27. The number of nitrogens with two attached hydrogens (primary N) is 1. The number of hydrogen-bond acceptors (Lipinski definition) is 4. The van der Waals surface area contributed by atoms with Crippen molar-refractivity contribution in [2.75, 3.05) is 18.8 Å². The second-order valence-corrected chi connectivity index (χ2v) is 7.67. The number of pyridine rings is 1. The zero-order valence-corrected chi connectivity index (χ0v) is 13.2. The lowest BCUT2D eigenvalue weighted by molar-refractivity contribution is 0.444. The first-order valence-corrected chi connectivity index (χ1v) is 8.59. The van der Waals surface area contributed by atoms with Crippen molar-refractivity contribution in [3.8, 4) is 0 Å². The van der Waals surface area contributed by atoms with Crippen molar-refractivity contribution in [1.29, 1.82) is 0 Å². The Balaban J connectivity index is 2.26. The normalized spacial score (nSPS) is 20.8. The molecule has 1 aromatic rings. The third-order valence-electron chi connectivity index (χ3n) is 3.41. The van der Waals surface area contributed by atoms with Gasteiger partial charge in [-0.05, 0) is 40.8 Å². The van der Waals surface area contributed by atoms with Gasteiger partial charge in [0.2, 0.25) is 10.0 Å². The van der Waals surface area contributed by atoms with Gasteiger partial charge in [-0.3, -0.25) is 0 Å². The van der Waals surface area contributed by atoms with E-state index >= 15 is 0 Å². The molecule has 1 aliphatic rings. The zero-order chi connectivity index (χ0) is 14.0. The number of hydrogen-bond donors (Lipinski definition) is 1. The highest BCUT2D eigenvalue weighted by atomic mass is 79.9. The summed E-state index contributed by atoms with van der Waals surface area (Å²) in [5, 5.41) is 0. The van der Waals surface area contributed by atoms with Crippen molar-refractivity contribution in [2.24, 2.45) is 5.92 Å². The van der Waals surface area contributed by atoms with Crippen LogP contribution in [-0.4, -0.2) is 30.8 Å². The lowest BCUT2D eigenvalue weighted by Crippen LogP contribution is -2.29. The molecular formula is C12H18BrN3O2S. The molecule has 7 heteroatoms. The Bertz CT molecular complexity index is 562. The summed E-state index contributed by atoms with van der Waals surface area (Å²) in [7, 11) is -3.53. The van der Waals surface area contributed by atoms with Gasteiger partial charge in [-0.15, -0.1) is 0 Å². The standard InChI is InChI=1S/C12H18BrN3O2S/c1-2-3-9-4-5-16(8-9)19(17,18)11-6-10(13)7-15-12(11)14/h6-7,9H,2-5,8H2,1H3,(H2,14,15). The van der Waals surface area contributed by atoms with Crippen molar-refractivity contribution in [3.63, 3.8) is 0 Å². The fraction of sp³-hybridized carbons (Fsp3) is 0.583. The number of rotatable bonds is 4. The molecule has 0 saturated carbocycles. The van der Waals surface area contributed by atoms with Crippen molar-refractivity contribution in [2.45, 2.75) is 31.1 Å². The largest absolute Gasteiger partial charge is 0.383 e. The molecule has 1 atom stereocenters. The van der Waals surface area contributed by atoms with Crippen LogP contribution in [0.25, 0.3) is 0 Å². The summed E-state index contributed by atoms with van der Waals surface area (Å²) in [5.74, 6) is 0.517. The van der Waals surface area contributed by atoms with E-state index in [1.807, 2.05) is 0 Å². The first kappa shape index (κ1) is 14.7. The summed E-state index contributed by atoms with van der Waals surface area (Å²) >= 11 is 3.23. The maximum atomic E-state index is 12.5. The summed E-state index contributed by atoms with van der Waals surface area (Å²) in [4.78, 5) is 3.99. The zero-order valence-electron chi connectivity index (χ0n) is 10.8. The number of sulfonamides is 1. The van der Waals surface area contributed by atoms with Crippen LogP contribution in [0.1, 0.15) is 26.2 Å². The average Bonchev–Trinajstić information content (AvgIpc) is 2.82. The van der Waals surface area contributed by atoms with Gasteiger partial charge in [-0.25, -0.2) is 13.4 Å². The molecule has 106 valence electrons. The van der Waals surface area contributed by atoms with Gasteiger partial charge in [0.25, 0.3) is 0 Å². The fourth-order valence-electron chi connectivity index (χ4n) is 2.44. The second kappa shape index (κ2) is 5.76. The highest BCUT2D eigenvalue weighted by Gasteiger charge is 2.33. The molecule has 2 heterocycles. The predicted octanol–water partition coefficient (Wildman–Crippen LogP) is 2.24. The summed E-state index contributed by atoms with van der Waals surface area (Å²) in [6, 6.07) is 1.52. The van der Waals surface area contributed by atoms with Gasteiger partial charge in [0.15, 0.2) is 0 Å². The average molecular weight is 348 g/mol. The Labute approximate surface area is 122 Å². The Hall–Kier alpha value is -0.660. The number of aromatic nitrogens is 1. The number of halogens is 1. The van der Waals surface area contributed by atoms with E-state index in [1.54, 1.807) is 0 Å². The fourth-order valence-corrected chi connectivity index (χ4v) is 4.54. The van der Waals surface area contributed by atoms with Crippen LogP contribution in [0.5, 0.6) is 0 Å². The summed E-state index contributed by atoms with van der Waals surface area (Å²) < 4.78 is 27.2. The van der Waals surface area contributed by atoms with Gasteiger partial charge in [-0.2, -0.15) is 4.31 Å². The molecule has 1 unspecified atom stereocenters. The molecule has 0 radical (unpaired) electrons. The van der Waals surface area contributed by atoms with Crippen LogP contribution >= 0.6 is 15.9 Å². The van der Waals surface area contributed by atoms with Gasteiger partial charge in [0, 0.05) is 23.8 Å². The topological polar surface area (TPSA) is 76.3 Å². The quantitative estimate of drug-likeness (QED) is 0.905. The van der Waals surface area contributed by atoms with Crippen LogP contribution in [-0.2, 0) is 10.0 Å². The maximum absolute atomic E-state index is 12.5. The number of anilines is 1. The lowest BCUT2D eigenvalue weighted by Gasteiger charge is -2.17. The molecular weight excluding hydrogens is 330 g/mol. The Morgan fingerprint density at radius 3 is 3.00 bits per heavy atom. The maximum Gasteiger partial charge on any atom is 0.246 e. The minimum absolute atomic E-state index is 0.0575. The monoisotopic (exact) mass is 347 g/mol. The molecule has 1 saturated heterocycles. The Morgan fingerprint density at radius 2 is 2.32 bits per heavy atom. The van der Waals surface area contributed by atoms with E-state index in [1.165, 1.54) is 16.6 Å². The van der Waals surface area contributed by atoms with Crippen molar-refractivity contribution >= 4 is 31.8 Å².